The zero-order chi connectivity index (χ0) is 20.0. The molecule has 0 saturated heterocycles. The predicted molar refractivity (Wildman–Crippen MR) is 105 cm³/mol. The molecular formula is C21H20F2N4O. The lowest BCUT2D eigenvalue weighted by Crippen LogP contribution is -2.24. The lowest BCUT2D eigenvalue weighted by Gasteiger charge is -2.11. The molecule has 0 fully saturated rings. The van der Waals surface area contributed by atoms with Gasteiger partial charge >= 0.3 is 0 Å². The van der Waals surface area contributed by atoms with Gasteiger partial charge in [-0.2, -0.15) is 5.10 Å². The Morgan fingerprint density at radius 1 is 1.04 bits per heavy atom. The lowest BCUT2D eigenvalue weighted by atomic mass is 10.1. The van der Waals surface area contributed by atoms with Gasteiger partial charge < -0.3 is 9.47 Å². The molecule has 0 atom stereocenters. The third-order valence-corrected chi connectivity index (χ3v) is 4.93. The molecule has 2 aromatic carbocycles. The molecule has 0 N–H and O–H groups in total. The van der Waals surface area contributed by atoms with E-state index in [1.165, 1.54) is 16.8 Å². The van der Waals surface area contributed by atoms with E-state index in [0.717, 1.165) is 5.52 Å². The second-order valence-corrected chi connectivity index (χ2v) is 7.22. The van der Waals surface area contributed by atoms with E-state index in [-0.39, 0.29) is 23.7 Å². The van der Waals surface area contributed by atoms with Gasteiger partial charge in [0, 0.05) is 41.0 Å². The van der Waals surface area contributed by atoms with Crippen molar-refractivity contribution in [2.24, 2.45) is 7.05 Å². The average Bonchev–Trinajstić information content (AvgIpc) is 2.91. The van der Waals surface area contributed by atoms with E-state index in [4.69, 9.17) is 0 Å². The quantitative estimate of drug-likeness (QED) is 0.544. The minimum Gasteiger partial charge on any atom is -0.339 e. The molecule has 28 heavy (non-hydrogen) atoms. The molecule has 5 nitrogen and oxygen atoms in total. The normalized spacial score (nSPS) is 11.8. The fraction of sp³-hybridized carbons (Fsp3) is 0.238. The van der Waals surface area contributed by atoms with Gasteiger partial charge in [-0.1, -0.05) is 18.2 Å². The monoisotopic (exact) mass is 382 g/mol. The Balaban J connectivity index is 1.91. The average molecular weight is 382 g/mol. The van der Waals surface area contributed by atoms with Gasteiger partial charge in [-0.3, -0.25) is 4.79 Å². The predicted octanol–water partition coefficient (Wildman–Crippen LogP) is 3.28. The maximum Gasteiger partial charge on any atom is 0.291 e. The van der Waals surface area contributed by atoms with Gasteiger partial charge in [-0.15, -0.1) is 0 Å². The first-order valence-electron chi connectivity index (χ1n) is 8.91. The molecule has 2 heterocycles. The SMILES string of the molecule is CN(C)Cc1cc2c(cc1F)c1cnn(Cc3ccccc3F)c(=O)c1n2C. The third-order valence-electron chi connectivity index (χ3n) is 4.93. The summed E-state index contributed by atoms with van der Waals surface area (Å²) in [6.07, 6.45) is 1.55. The number of halogens is 2. The smallest absolute Gasteiger partial charge is 0.291 e. The van der Waals surface area contributed by atoms with Crippen molar-refractivity contribution in [2.45, 2.75) is 13.1 Å². The number of hydrogen-bond donors (Lipinski definition) is 0. The van der Waals surface area contributed by atoms with Crippen LogP contribution >= 0.6 is 0 Å². The second kappa shape index (κ2) is 6.83. The van der Waals surface area contributed by atoms with Crippen LogP contribution in [0.1, 0.15) is 11.1 Å². The highest BCUT2D eigenvalue weighted by Gasteiger charge is 2.17. The number of rotatable bonds is 4. The zero-order valence-corrected chi connectivity index (χ0v) is 15.9. The van der Waals surface area contributed by atoms with Gasteiger partial charge in [0.1, 0.15) is 17.2 Å². The molecule has 0 bridgehead atoms. The van der Waals surface area contributed by atoms with Crippen LogP contribution in [0, 0.1) is 11.6 Å². The summed E-state index contributed by atoms with van der Waals surface area (Å²) < 4.78 is 31.5. The van der Waals surface area contributed by atoms with Crippen molar-refractivity contribution in [1.82, 2.24) is 19.2 Å². The Hall–Kier alpha value is -3.06. The minimum atomic E-state index is -0.385. The van der Waals surface area contributed by atoms with Crippen LogP contribution in [-0.2, 0) is 20.1 Å². The van der Waals surface area contributed by atoms with Crippen molar-refractivity contribution >= 4 is 21.8 Å². The molecule has 0 radical (unpaired) electrons. The molecule has 4 aromatic rings. The summed E-state index contributed by atoms with van der Waals surface area (Å²) in [5, 5.41) is 5.43. The van der Waals surface area contributed by atoms with Gasteiger partial charge in [0.2, 0.25) is 0 Å². The van der Waals surface area contributed by atoms with E-state index in [1.807, 2.05) is 19.0 Å². The fourth-order valence-corrected chi connectivity index (χ4v) is 3.58. The van der Waals surface area contributed by atoms with Crippen LogP contribution < -0.4 is 5.56 Å². The standard InChI is InChI=1S/C21H20F2N4O/c1-25(2)11-14-8-19-15(9-18(14)23)16-10-24-27(21(28)20(16)26(19)3)12-13-6-4-5-7-17(13)22/h4-10H,11-12H2,1-3H3. The highest BCUT2D eigenvalue weighted by atomic mass is 19.1. The first-order chi connectivity index (χ1) is 13.4. The Bertz CT molecular complexity index is 1260. The minimum absolute atomic E-state index is 0.0310. The van der Waals surface area contributed by atoms with E-state index in [0.29, 0.717) is 34.0 Å². The van der Waals surface area contributed by atoms with Crippen molar-refractivity contribution in [2.75, 3.05) is 14.1 Å². The van der Waals surface area contributed by atoms with E-state index in [1.54, 1.807) is 42.1 Å². The van der Waals surface area contributed by atoms with Gasteiger partial charge in [-0.05, 0) is 32.3 Å². The summed E-state index contributed by atoms with van der Waals surface area (Å²) in [5.74, 6) is -0.701. The number of fused-ring (bicyclic) bond motifs is 3. The molecule has 0 aliphatic rings. The topological polar surface area (TPSA) is 43.1 Å². The molecule has 0 amide bonds. The number of benzene rings is 2. The summed E-state index contributed by atoms with van der Waals surface area (Å²) in [7, 11) is 5.52. The van der Waals surface area contributed by atoms with Crippen LogP contribution in [-0.4, -0.2) is 33.3 Å². The highest BCUT2D eigenvalue weighted by molar-refractivity contribution is 6.07. The maximum absolute atomic E-state index is 14.5. The van der Waals surface area contributed by atoms with Crippen LogP contribution in [0.5, 0.6) is 0 Å². The van der Waals surface area contributed by atoms with Crippen LogP contribution in [0.2, 0.25) is 0 Å². The molecule has 0 unspecified atom stereocenters. The molecule has 4 rings (SSSR count). The maximum atomic E-state index is 14.5. The molecule has 144 valence electrons. The van der Waals surface area contributed by atoms with Gasteiger partial charge in [0.25, 0.3) is 5.56 Å². The Morgan fingerprint density at radius 2 is 1.79 bits per heavy atom. The zero-order valence-electron chi connectivity index (χ0n) is 15.9. The molecule has 0 aliphatic carbocycles. The number of hydrogen-bond acceptors (Lipinski definition) is 3. The summed E-state index contributed by atoms with van der Waals surface area (Å²) in [4.78, 5) is 14.9. The van der Waals surface area contributed by atoms with Crippen LogP contribution in [0.25, 0.3) is 21.8 Å². The molecular weight excluding hydrogens is 362 g/mol. The molecule has 0 spiro atoms. The van der Waals surface area contributed by atoms with Crippen molar-refractivity contribution in [3.8, 4) is 0 Å². The van der Waals surface area contributed by atoms with E-state index >= 15 is 0 Å². The van der Waals surface area contributed by atoms with Crippen LogP contribution in [0.3, 0.4) is 0 Å². The van der Waals surface area contributed by atoms with Crippen molar-refractivity contribution in [3.63, 3.8) is 0 Å². The molecule has 0 saturated carbocycles. The summed E-state index contributed by atoms with van der Waals surface area (Å²) in [6, 6.07) is 9.52. The third kappa shape index (κ3) is 2.97. The Kier molecular flexibility index (Phi) is 4.47. The van der Waals surface area contributed by atoms with Crippen LogP contribution in [0.15, 0.2) is 47.4 Å². The number of nitrogens with zero attached hydrogens (tertiary/aromatic N) is 4. The largest absolute Gasteiger partial charge is 0.339 e. The Labute approximate surface area is 160 Å². The molecule has 7 heteroatoms. The van der Waals surface area contributed by atoms with Crippen molar-refractivity contribution in [3.05, 3.63) is 75.7 Å². The molecule has 0 aliphatic heterocycles. The highest BCUT2D eigenvalue weighted by Crippen LogP contribution is 2.28. The van der Waals surface area contributed by atoms with Gasteiger partial charge in [0.05, 0.1) is 12.7 Å². The summed E-state index contributed by atoms with van der Waals surface area (Å²) in [6.45, 7) is 0.488. The van der Waals surface area contributed by atoms with E-state index in [2.05, 4.69) is 5.10 Å². The fourth-order valence-electron chi connectivity index (χ4n) is 3.58. The first kappa shape index (κ1) is 18.3. The van der Waals surface area contributed by atoms with Gasteiger partial charge in [0.15, 0.2) is 0 Å². The van der Waals surface area contributed by atoms with Crippen molar-refractivity contribution < 1.29 is 8.78 Å². The summed E-state index contributed by atoms with van der Waals surface area (Å²) in [5.41, 5.74) is 1.78. The Morgan fingerprint density at radius 3 is 2.50 bits per heavy atom. The van der Waals surface area contributed by atoms with Crippen molar-refractivity contribution in [1.29, 1.82) is 0 Å². The van der Waals surface area contributed by atoms with E-state index < -0.39 is 0 Å². The second-order valence-electron chi connectivity index (χ2n) is 7.22. The van der Waals surface area contributed by atoms with Gasteiger partial charge in [-0.25, -0.2) is 13.5 Å². The van der Waals surface area contributed by atoms with Crippen LogP contribution in [0.4, 0.5) is 8.78 Å². The number of aromatic nitrogens is 3. The first-order valence-corrected chi connectivity index (χ1v) is 8.91. The molecule has 2 aromatic heterocycles. The number of aryl methyl sites for hydroxylation is 1. The van der Waals surface area contributed by atoms with E-state index in [9.17, 15) is 13.6 Å². The summed E-state index contributed by atoms with van der Waals surface area (Å²) >= 11 is 0. The lowest BCUT2D eigenvalue weighted by molar-refractivity contribution is 0.393.